The van der Waals surface area contributed by atoms with E-state index in [4.69, 9.17) is 4.74 Å². The SMILES string of the molecule is CCNC(OC(C)c1cc(C(F)(F)F)cc(C(F)(F)F)c1)c1ccccc1. The molecule has 0 aromatic heterocycles. The molecule has 0 saturated heterocycles. The van der Waals surface area contributed by atoms with Crippen LogP contribution in [0.4, 0.5) is 26.3 Å². The maximum absolute atomic E-state index is 13.0. The fourth-order valence-corrected chi connectivity index (χ4v) is 2.55. The van der Waals surface area contributed by atoms with Gasteiger partial charge in [-0.05, 0) is 42.8 Å². The summed E-state index contributed by atoms with van der Waals surface area (Å²) in [5.74, 6) is 0. The smallest absolute Gasteiger partial charge is 0.351 e. The first-order valence-corrected chi connectivity index (χ1v) is 8.25. The highest BCUT2D eigenvalue weighted by Gasteiger charge is 2.37. The second-order valence-electron chi connectivity index (χ2n) is 5.97. The van der Waals surface area contributed by atoms with Crippen LogP contribution in [0.1, 0.15) is 48.4 Å². The van der Waals surface area contributed by atoms with E-state index in [1.54, 1.807) is 30.3 Å². The third-order valence-corrected chi connectivity index (χ3v) is 3.91. The van der Waals surface area contributed by atoms with Crippen molar-refractivity contribution in [3.63, 3.8) is 0 Å². The van der Waals surface area contributed by atoms with Gasteiger partial charge in [-0.15, -0.1) is 0 Å². The number of benzene rings is 2. The Hall–Kier alpha value is -2.06. The highest BCUT2D eigenvalue weighted by atomic mass is 19.4. The number of halogens is 6. The maximum Gasteiger partial charge on any atom is 0.416 e. The lowest BCUT2D eigenvalue weighted by Gasteiger charge is -2.25. The molecule has 1 N–H and O–H groups in total. The standard InChI is InChI=1S/C19H19F6NO/c1-3-26-17(13-7-5-4-6-8-13)27-12(2)14-9-15(18(20,21)22)11-16(10-14)19(23,24)25/h4-12,17,26H,3H2,1-2H3. The summed E-state index contributed by atoms with van der Waals surface area (Å²) in [4.78, 5) is 0. The summed E-state index contributed by atoms with van der Waals surface area (Å²) in [5.41, 5.74) is -2.20. The van der Waals surface area contributed by atoms with E-state index in [0.717, 1.165) is 0 Å². The molecule has 0 aliphatic rings. The van der Waals surface area contributed by atoms with Crippen LogP contribution in [0.25, 0.3) is 0 Å². The molecule has 0 aliphatic heterocycles. The molecule has 0 spiro atoms. The highest BCUT2D eigenvalue weighted by Crippen LogP contribution is 2.38. The van der Waals surface area contributed by atoms with E-state index in [1.165, 1.54) is 6.92 Å². The number of alkyl halides is 6. The number of nitrogens with one attached hydrogen (secondary N) is 1. The molecule has 0 fully saturated rings. The van der Waals surface area contributed by atoms with Gasteiger partial charge in [-0.25, -0.2) is 0 Å². The minimum absolute atomic E-state index is 0.106. The van der Waals surface area contributed by atoms with Crippen LogP contribution in [0.5, 0.6) is 0 Å². The van der Waals surface area contributed by atoms with Gasteiger partial charge in [0.25, 0.3) is 0 Å². The van der Waals surface area contributed by atoms with Crippen molar-refractivity contribution in [2.24, 2.45) is 0 Å². The normalized spacial score (nSPS) is 14.8. The third-order valence-electron chi connectivity index (χ3n) is 3.91. The van der Waals surface area contributed by atoms with Crippen LogP contribution in [-0.2, 0) is 17.1 Å². The molecule has 2 unspecified atom stereocenters. The first-order chi connectivity index (χ1) is 12.5. The molecule has 2 nitrogen and oxygen atoms in total. The first kappa shape index (κ1) is 21.2. The van der Waals surface area contributed by atoms with Gasteiger partial charge in [0.1, 0.15) is 6.23 Å². The Balaban J connectivity index is 2.37. The molecule has 0 aliphatic carbocycles. The van der Waals surface area contributed by atoms with E-state index < -0.39 is 35.8 Å². The van der Waals surface area contributed by atoms with E-state index >= 15 is 0 Å². The fraction of sp³-hybridized carbons (Fsp3) is 0.368. The van der Waals surface area contributed by atoms with Crippen LogP contribution < -0.4 is 5.32 Å². The van der Waals surface area contributed by atoms with E-state index in [-0.39, 0.29) is 11.6 Å². The second-order valence-corrected chi connectivity index (χ2v) is 5.97. The van der Waals surface area contributed by atoms with Crippen LogP contribution in [-0.4, -0.2) is 6.54 Å². The number of ether oxygens (including phenoxy) is 1. The third kappa shape index (κ3) is 5.71. The summed E-state index contributed by atoms with van der Waals surface area (Å²) in [7, 11) is 0. The molecule has 0 bridgehead atoms. The Kier molecular flexibility index (Phi) is 6.54. The molecule has 2 aromatic carbocycles. The van der Waals surface area contributed by atoms with Crippen molar-refractivity contribution in [1.29, 1.82) is 0 Å². The van der Waals surface area contributed by atoms with Gasteiger partial charge in [0.15, 0.2) is 0 Å². The van der Waals surface area contributed by atoms with Crippen LogP contribution in [0, 0.1) is 0 Å². The summed E-state index contributed by atoms with van der Waals surface area (Å²) in [5, 5.41) is 3.02. The monoisotopic (exact) mass is 391 g/mol. The molecular formula is C19H19F6NO. The van der Waals surface area contributed by atoms with Gasteiger partial charge >= 0.3 is 12.4 Å². The van der Waals surface area contributed by atoms with Gasteiger partial charge in [0.05, 0.1) is 17.2 Å². The average Bonchev–Trinajstić information content (AvgIpc) is 2.60. The minimum Gasteiger partial charge on any atom is -0.351 e. The zero-order chi connectivity index (χ0) is 20.2. The molecule has 0 saturated carbocycles. The topological polar surface area (TPSA) is 21.3 Å². The zero-order valence-corrected chi connectivity index (χ0v) is 14.7. The molecule has 2 rings (SSSR count). The summed E-state index contributed by atoms with van der Waals surface area (Å²) in [6.45, 7) is 3.74. The van der Waals surface area contributed by atoms with Crippen LogP contribution in [0.15, 0.2) is 48.5 Å². The lowest BCUT2D eigenvalue weighted by molar-refractivity contribution is -0.143. The van der Waals surface area contributed by atoms with Gasteiger partial charge in [-0.2, -0.15) is 26.3 Å². The van der Waals surface area contributed by atoms with E-state index in [9.17, 15) is 26.3 Å². The molecule has 0 amide bonds. The van der Waals surface area contributed by atoms with Crippen molar-refractivity contribution in [3.8, 4) is 0 Å². The molecule has 0 heterocycles. The van der Waals surface area contributed by atoms with Crippen molar-refractivity contribution >= 4 is 0 Å². The van der Waals surface area contributed by atoms with Crippen molar-refractivity contribution in [1.82, 2.24) is 5.32 Å². The molecule has 2 aromatic rings. The molecular weight excluding hydrogens is 372 g/mol. The molecule has 8 heteroatoms. The lowest BCUT2D eigenvalue weighted by atomic mass is 10.0. The number of hydrogen-bond acceptors (Lipinski definition) is 2. The van der Waals surface area contributed by atoms with E-state index in [2.05, 4.69) is 5.32 Å². The van der Waals surface area contributed by atoms with Crippen LogP contribution >= 0.6 is 0 Å². The van der Waals surface area contributed by atoms with Gasteiger partial charge in [-0.3, -0.25) is 5.32 Å². The largest absolute Gasteiger partial charge is 0.416 e. The van der Waals surface area contributed by atoms with Crippen LogP contribution in [0.2, 0.25) is 0 Å². The summed E-state index contributed by atoms with van der Waals surface area (Å²) >= 11 is 0. The van der Waals surface area contributed by atoms with Gasteiger partial charge in [0, 0.05) is 0 Å². The first-order valence-electron chi connectivity index (χ1n) is 8.25. The lowest BCUT2D eigenvalue weighted by Crippen LogP contribution is -2.25. The Bertz CT molecular complexity index is 710. The Morgan fingerprint density at radius 1 is 0.852 bits per heavy atom. The zero-order valence-electron chi connectivity index (χ0n) is 14.7. The van der Waals surface area contributed by atoms with E-state index in [0.29, 0.717) is 24.2 Å². The summed E-state index contributed by atoms with van der Waals surface area (Å²) in [6, 6.07) is 10.3. The Morgan fingerprint density at radius 2 is 1.37 bits per heavy atom. The second kappa shape index (κ2) is 8.31. The molecule has 0 radical (unpaired) electrons. The molecule has 27 heavy (non-hydrogen) atoms. The van der Waals surface area contributed by atoms with Crippen molar-refractivity contribution in [2.75, 3.05) is 6.54 Å². The maximum atomic E-state index is 13.0. The fourth-order valence-electron chi connectivity index (χ4n) is 2.55. The molecule has 2 atom stereocenters. The minimum atomic E-state index is -4.89. The van der Waals surface area contributed by atoms with Crippen molar-refractivity contribution < 1.29 is 31.1 Å². The van der Waals surface area contributed by atoms with Gasteiger partial charge in [-0.1, -0.05) is 37.3 Å². The Morgan fingerprint density at radius 3 is 1.81 bits per heavy atom. The van der Waals surface area contributed by atoms with Gasteiger partial charge in [0.2, 0.25) is 0 Å². The summed E-state index contributed by atoms with van der Waals surface area (Å²) < 4.78 is 83.9. The van der Waals surface area contributed by atoms with Crippen molar-refractivity contribution in [2.45, 2.75) is 38.5 Å². The highest BCUT2D eigenvalue weighted by molar-refractivity contribution is 5.34. The quantitative estimate of drug-likeness (QED) is 0.474. The Labute approximate surface area is 153 Å². The molecule has 148 valence electrons. The number of hydrogen-bond donors (Lipinski definition) is 1. The number of rotatable bonds is 6. The van der Waals surface area contributed by atoms with E-state index in [1.807, 2.05) is 6.92 Å². The van der Waals surface area contributed by atoms with Crippen molar-refractivity contribution in [3.05, 3.63) is 70.8 Å². The average molecular weight is 391 g/mol. The predicted molar refractivity (Wildman–Crippen MR) is 88.8 cm³/mol. The van der Waals surface area contributed by atoms with Gasteiger partial charge < -0.3 is 4.74 Å². The van der Waals surface area contributed by atoms with Crippen LogP contribution in [0.3, 0.4) is 0 Å². The predicted octanol–water partition coefficient (Wildman–Crippen LogP) is 6.11. The summed E-state index contributed by atoms with van der Waals surface area (Å²) in [6.07, 6.45) is -11.5.